The Bertz CT molecular complexity index is 2290. The number of nitrogens with zero attached hydrogens (tertiary/aromatic N) is 4. The number of aromatic amines is 1. The van der Waals surface area contributed by atoms with Crippen molar-refractivity contribution in [1.29, 1.82) is 0 Å². The summed E-state index contributed by atoms with van der Waals surface area (Å²) in [6.07, 6.45) is -0.427. The first-order valence-corrected chi connectivity index (χ1v) is 17.6. The summed E-state index contributed by atoms with van der Waals surface area (Å²) >= 11 is 6.98. The monoisotopic (exact) mass is 773 g/mol. The lowest BCUT2D eigenvalue weighted by Crippen LogP contribution is -2.25. The van der Waals surface area contributed by atoms with Gasteiger partial charge in [0.05, 0.1) is 48.0 Å². The molecule has 3 aromatic heterocycles. The summed E-state index contributed by atoms with van der Waals surface area (Å²) in [5.41, 5.74) is 6.90. The lowest BCUT2D eigenvalue weighted by atomic mass is 9.99. The van der Waals surface area contributed by atoms with Crippen LogP contribution in [-0.2, 0) is 19.3 Å². The molecule has 286 valence electrons. The molecule has 3 aromatic carbocycles. The third-order valence-corrected chi connectivity index (χ3v) is 9.41. The van der Waals surface area contributed by atoms with Crippen LogP contribution in [0.25, 0.3) is 22.2 Å². The molecule has 6 rings (SSSR count). The highest BCUT2D eigenvalue weighted by molar-refractivity contribution is 6.36. The van der Waals surface area contributed by atoms with Gasteiger partial charge in [-0.3, -0.25) is 9.78 Å². The van der Waals surface area contributed by atoms with Crippen LogP contribution in [-0.4, -0.2) is 47.3 Å². The van der Waals surface area contributed by atoms with Crippen LogP contribution in [0, 0.1) is 6.92 Å². The standard InChI is InChI=1S/C40H39ClF3N7O4/c1-23-15-33(51(20-25-5-9-29(53-3)10-6-25)21-26-7-11-30(54-4)12-8-26)50-37(35(23)40(42,43)44)31-17-32-34(39(52)49-22-48-32)38(36(31)41)55-14-13-47-24(2)27-16-28(45)19-46-18-27/h5-12,15-19,22,24,47H,13-14,20-21,45H2,1-4H3,(H,48,49,52)/t24-/m1/s1. The van der Waals surface area contributed by atoms with E-state index in [0.29, 0.717) is 30.3 Å². The number of anilines is 2. The van der Waals surface area contributed by atoms with Gasteiger partial charge in [0, 0.05) is 43.6 Å². The molecule has 15 heteroatoms. The summed E-state index contributed by atoms with van der Waals surface area (Å²) in [5, 5.41) is 3.06. The van der Waals surface area contributed by atoms with Crippen LogP contribution in [0.4, 0.5) is 24.7 Å². The molecule has 0 aliphatic rings. The van der Waals surface area contributed by atoms with Gasteiger partial charge in [0.1, 0.15) is 29.3 Å². The average molecular weight is 774 g/mol. The minimum atomic E-state index is -4.82. The molecule has 0 aliphatic heterocycles. The Morgan fingerprint density at radius 2 is 1.60 bits per heavy atom. The summed E-state index contributed by atoms with van der Waals surface area (Å²) in [7, 11) is 3.14. The number of nitrogens with one attached hydrogen (secondary N) is 2. The summed E-state index contributed by atoms with van der Waals surface area (Å²) in [5.74, 6) is 1.47. The van der Waals surface area contributed by atoms with Crippen molar-refractivity contribution in [3.8, 4) is 28.5 Å². The molecule has 55 heavy (non-hydrogen) atoms. The quantitative estimate of drug-likeness (QED) is 0.0937. The Hall–Kier alpha value is -5.86. The Kier molecular flexibility index (Phi) is 11.8. The first-order valence-electron chi connectivity index (χ1n) is 17.2. The highest BCUT2D eigenvalue weighted by Crippen LogP contribution is 2.46. The van der Waals surface area contributed by atoms with Crippen LogP contribution in [0.2, 0.25) is 5.02 Å². The molecule has 6 aromatic rings. The topological polar surface area (TPSA) is 141 Å². The van der Waals surface area contributed by atoms with E-state index in [2.05, 4.69) is 20.3 Å². The predicted molar refractivity (Wildman–Crippen MR) is 207 cm³/mol. The van der Waals surface area contributed by atoms with Gasteiger partial charge in [0.15, 0.2) is 5.75 Å². The Morgan fingerprint density at radius 1 is 0.964 bits per heavy atom. The van der Waals surface area contributed by atoms with Crippen molar-refractivity contribution < 1.29 is 27.4 Å². The van der Waals surface area contributed by atoms with Gasteiger partial charge in [-0.15, -0.1) is 0 Å². The summed E-state index contributed by atoms with van der Waals surface area (Å²) in [4.78, 5) is 30.6. The zero-order valence-electron chi connectivity index (χ0n) is 30.5. The highest BCUT2D eigenvalue weighted by Gasteiger charge is 2.38. The van der Waals surface area contributed by atoms with E-state index in [-0.39, 0.29) is 57.8 Å². The van der Waals surface area contributed by atoms with Crippen LogP contribution < -0.4 is 35.7 Å². The Morgan fingerprint density at radius 3 is 2.18 bits per heavy atom. The lowest BCUT2D eigenvalue weighted by Gasteiger charge is -2.27. The Balaban J connectivity index is 1.43. The van der Waals surface area contributed by atoms with Crippen molar-refractivity contribution in [3.63, 3.8) is 0 Å². The van der Waals surface area contributed by atoms with Gasteiger partial charge in [0.2, 0.25) is 0 Å². The lowest BCUT2D eigenvalue weighted by molar-refractivity contribution is -0.137. The molecule has 11 nitrogen and oxygen atoms in total. The van der Waals surface area contributed by atoms with Crippen molar-refractivity contribution in [2.24, 2.45) is 0 Å². The third kappa shape index (κ3) is 8.93. The molecule has 1 atom stereocenters. The third-order valence-electron chi connectivity index (χ3n) is 9.04. The molecule has 0 aliphatic carbocycles. The van der Waals surface area contributed by atoms with E-state index in [1.807, 2.05) is 60.4 Å². The largest absolute Gasteiger partial charge is 0.497 e. The number of aromatic nitrogens is 4. The number of hydrogen-bond acceptors (Lipinski definition) is 10. The number of aryl methyl sites for hydroxylation is 1. The first kappa shape index (κ1) is 38.9. The summed E-state index contributed by atoms with van der Waals surface area (Å²) in [6, 6.07) is 19.2. The zero-order chi connectivity index (χ0) is 39.3. The minimum absolute atomic E-state index is 0.00279. The van der Waals surface area contributed by atoms with E-state index in [0.717, 1.165) is 16.7 Å². The fourth-order valence-electron chi connectivity index (χ4n) is 6.23. The van der Waals surface area contributed by atoms with E-state index < -0.39 is 23.0 Å². The fraction of sp³-hybridized carbons (Fsp3) is 0.250. The molecule has 4 N–H and O–H groups in total. The molecule has 0 fully saturated rings. The molecule has 0 saturated carbocycles. The second kappa shape index (κ2) is 16.7. The number of fused-ring (bicyclic) bond motifs is 1. The van der Waals surface area contributed by atoms with Gasteiger partial charge < -0.3 is 35.1 Å². The van der Waals surface area contributed by atoms with Crippen LogP contribution >= 0.6 is 11.6 Å². The molecule has 0 unspecified atom stereocenters. The van der Waals surface area contributed by atoms with Crippen molar-refractivity contribution in [2.45, 2.75) is 39.2 Å². The van der Waals surface area contributed by atoms with E-state index in [1.54, 1.807) is 32.7 Å². The van der Waals surface area contributed by atoms with Crippen molar-refractivity contribution in [2.75, 3.05) is 38.0 Å². The average Bonchev–Trinajstić information content (AvgIpc) is 3.16. The van der Waals surface area contributed by atoms with E-state index in [9.17, 15) is 4.79 Å². The number of nitrogen functional groups attached to an aromatic ring is 1. The molecular weight excluding hydrogens is 735 g/mol. The summed E-state index contributed by atoms with van der Waals surface area (Å²) in [6.45, 7) is 4.17. The van der Waals surface area contributed by atoms with E-state index in [4.69, 9.17) is 36.5 Å². The minimum Gasteiger partial charge on any atom is -0.497 e. The maximum atomic E-state index is 15.0. The van der Waals surface area contributed by atoms with Crippen LogP contribution in [0.3, 0.4) is 0 Å². The van der Waals surface area contributed by atoms with Gasteiger partial charge >= 0.3 is 6.18 Å². The van der Waals surface area contributed by atoms with Crippen LogP contribution in [0.15, 0.2) is 90.2 Å². The molecule has 0 amide bonds. The van der Waals surface area contributed by atoms with Crippen molar-refractivity contribution in [1.82, 2.24) is 25.3 Å². The number of rotatable bonds is 14. The smallest absolute Gasteiger partial charge is 0.418 e. The maximum Gasteiger partial charge on any atom is 0.418 e. The second-order valence-corrected chi connectivity index (χ2v) is 13.2. The van der Waals surface area contributed by atoms with Crippen LogP contribution in [0.5, 0.6) is 17.2 Å². The zero-order valence-corrected chi connectivity index (χ0v) is 31.3. The molecule has 0 bridgehead atoms. The fourth-order valence-corrected chi connectivity index (χ4v) is 6.53. The van der Waals surface area contributed by atoms with Gasteiger partial charge in [-0.2, -0.15) is 13.2 Å². The highest BCUT2D eigenvalue weighted by atomic mass is 35.5. The number of benzene rings is 3. The van der Waals surface area contributed by atoms with Gasteiger partial charge in [0.25, 0.3) is 5.56 Å². The number of alkyl halides is 3. The van der Waals surface area contributed by atoms with Gasteiger partial charge in [-0.25, -0.2) is 9.97 Å². The molecule has 0 spiro atoms. The number of nitrogens with two attached hydrogens (primary N) is 1. The number of pyridine rings is 2. The predicted octanol–water partition coefficient (Wildman–Crippen LogP) is 7.90. The maximum absolute atomic E-state index is 15.0. The van der Waals surface area contributed by atoms with Crippen molar-refractivity contribution in [3.05, 3.63) is 129 Å². The number of hydrogen-bond donors (Lipinski definition) is 3. The molecular formula is C40H39ClF3N7O4. The van der Waals surface area contributed by atoms with Crippen LogP contribution in [0.1, 0.15) is 40.8 Å². The first-order chi connectivity index (χ1) is 26.4. The number of methoxy groups -OCH3 is 2. The van der Waals surface area contributed by atoms with Gasteiger partial charge in [-0.05, 0) is 78.6 Å². The summed E-state index contributed by atoms with van der Waals surface area (Å²) < 4.78 is 61.8. The SMILES string of the molecule is COc1ccc(CN(Cc2ccc(OC)cc2)c2cc(C)c(C(F)(F)F)c(-c3cc4nc[nH]c(=O)c4c(OCCN[C@H](C)c4cncc(N)c4)c3Cl)n2)cc1. The van der Waals surface area contributed by atoms with E-state index >= 15 is 13.2 Å². The number of ether oxygens (including phenoxy) is 3. The van der Waals surface area contributed by atoms with Gasteiger partial charge in [-0.1, -0.05) is 35.9 Å². The normalized spacial score (nSPS) is 12.1. The van der Waals surface area contributed by atoms with E-state index in [1.165, 1.54) is 25.4 Å². The molecule has 0 saturated heterocycles. The number of halogens is 4. The Labute approximate surface area is 320 Å². The molecule has 0 radical (unpaired) electrons. The number of H-pyrrole nitrogens is 1. The second-order valence-electron chi connectivity index (χ2n) is 12.8. The van der Waals surface area contributed by atoms with Crippen molar-refractivity contribution >= 4 is 34.0 Å². The molecule has 3 heterocycles.